The Labute approximate surface area is 79.3 Å². The minimum Gasteiger partial charge on any atom is -0.366 e. The SMILES string of the molecule is C#C[P-]C#CC(=O)c1ccccc1. The molecule has 0 bridgehead atoms. The van der Waals surface area contributed by atoms with E-state index >= 15 is 0 Å². The third kappa shape index (κ3) is 3.12. The van der Waals surface area contributed by atoms with Crippen molar-refractivity contribution in [3.05, 3.63) is 35.9 Å². The fraction of sp³-hybridized carbons (Fsp3) is 0. The maximum Gasteiger partial charge on any atom is 0.233 e. The lowest BCUT2D eigenvalue weighted by Gasteiger charge is -1.93. The van der Waals surface area contributed by atoms with Crippen molar-refractivity contribution in [3.8, 4) is 23.7 Å². The lowest BCUT2D eigenvalue weighted by Crippen LogP contribution is -1.92. The van der Waals surface area contributed by atoms with Gasteiger partial charge in [-0.05, 0) is 0 Å². The number of carbonyl (C=O) groups excluding carboxylic acids is 1. The van der Waals surface area contributed by atoms with Crippen LogP contribution in [0.25, 0.3) is 0 Å². The van der Waals surface area contributed by atoms with Gasteiger partial charge in [0, 0.05) is 5.56 Å². The molecule has 0 heterocycles. The van der Waals surface area contributed by atoms with Crippen molar-refractivity contribution >= 4 is 14.4 Å². The smallest absolute Gasteiger partial charge is 0.233 e. The van der Waals surface area contributed by atoms with Gasteiger partial charge in [0.15, 0.2) is 0 Å². The zero-order chi connectivity index (χ0) is 9.52. The molecule has 1 nitrogen and oxygen atoms in total. The van der Waals surface area contributed by atoms with Crippen molar-refractivity contribution in [2.45, 2.75) is 0 Å². The maximum atomic E-state index is 11.3. The molecule has 13 heavy (non-hydrogen) atoms. The molecular weight excluding hydrogens is 179 g/mol. The molecule has 0 aliphatic carbocycles. The van der Waals surface area contributed by atoms with Crippen LogP contribution in [0.4, 0.5) is 0 Å². The first-order valence-corrected chi connectivity index (χ1v) is 4.50. The van der Waals surface area contributed by atoms with Gasteiger partial charge in [-0.25, -0.2) is 0 Å². The first kappa shape index (κ1) is 9.53. The van der Waals surface area contributed by atoms with Gasteiger partial charge in [0.1, 0.15) is 0 Å². The summed E-state index contributed by atoms with van der Waals surface area (Å²) in [6.45, 7) is 0. The Morgan fingerprint density at radius 1 is 1.31 bits per heavy atom. The molecule has 0 aliphatic rings. The second-order valence-electron chi connectivity index (χ2n) is 2.17. The molecule has 1 rings (SSSR count). The Morgan fingerprint density at radius 3 is 2.62 bits per heavy atom. The minimum atomic E-state index is -0.191. The van der Waals surface area contributed by atoms with Crippen LogP contribution in [0.2, 0.25) is 0 Å². The fourth-order valence-corrected chi connectivity index (χ4v) is 0.995. The standard InChI is InChI=1S/C11H6OP/c1-2-13-9-8-11(12)10-6-4-3-5-7-10/h1,3-7H/q-1. The molecule has 0 fully saturated rings. The van der Waals surface area contributed by atoms with Crippen LogP contribution in [0.15, 0.2) is 30.3 Å². The Kier molecular flexibility index (Phi) is 3.77. The van der Waals surface area contributed by atoms with Crippen LogP contribution in [0.1, 0.15) is 10.4 Å². The van der Waals surface area contributed by atoms with E-state index in [0.717, 1.165) is 0 Å². The molecular formula is C11H6OP-. The summed E-state index contributed by atoms with van der Waals surface area (Å²) >= 11 is 0. The Hall–Kier alpha value is -1.56. The first-order chi connectivity index (χ1) is 6.34. The van der Waals surface area contributed by atoms with Crippen LogP contribution in [0, 0.1) is 23.7 Å². The summed E-state index contributed by atoms with van der Waals surface area (Å²) in [6.07, 6.45) is 4.98. The lowest BCUT2D eigenvalue weighted by molar-refractivity contribution is 0.105. The summed E-state index contributed by atoms with van der Waals surface area (Å²) in [4.78, 5) is 11.3. The Bertz CT molecular complexity index is 390. The quantitative estimate of drug-likeness (QED) is 0.373. The molecule has 0 aliphatic heterocycles. The van der Waals surface area contributed by atoms with E-state index in [0.29, 0.717) is 14.1 Å². The normalized spacial score (nSPS) is 8.85. The number of terminal acetylenes is 1. The highest BCUT2D eigenvalue weighted by molar-refractivity contribution is 7.49. The Balaban J connectivity index is 2.73. The van der Waals surface area contributed by atoms with Gasteiger partial charge in [0.05, 0.1) is 0 Å². The molecule has 0 aromatic heterocycles. The highest BCUT2D eigenvalue weighted by Crippen LogP contribution is 2.03. The molecule has 0 saturated heterocycles. The van der Waals surface area contributed by atoms with E-state index in [4.69, 9.17) is 6.42 Å². The van der Waals surface area contributed by atoms with Crippen LogP contribution in [0.5, 0.6) is 0 Å². The Morgan fingerprint density at radius 2 is 2.00 bits per heavy atom. The van der Waals surface area contributed by atoms with Gasteiger partial charge < -0.3 is 8.58 Å². The number of rotatable bonds is 1. The third-order valence-corrected chi connectivity index (χ3v) is 1.68. The molecule has 2 heteroatoms. The molecule has 1 aromatic carbocycles. The van der Waals surface area contributed by atoms with E-state index in [1.54, 1.807) is 24.3 Å². The lowest BCUT2D eigenvalue weighted by atomic mass is 10.1. The predicted molar refractivity (Wildman–Crippen MR) is 54.3 cm³/mol. The van der Waals surface area contributed by atoms with Crippen molar-refractivity contribution in [1.29, 1.82) is 0 Å². The van der Waals surface area contributed by atoms with Crippen molar-refractivity contribution in [2.24, 2.45) is 0 Å². The minimum absolute atomic E-state index is 0.191. The van der Waals surface area contributed by atoms with Crippen molar-refractivity contribution in [1.82, 2.24) is 0 Å². The molecule has 0 spiro atoms. The van der Waals surface area contributed by atoms with Gasteiger partial charge in [-0.3, -0.25) is 16.1 Å². The van der Waals surface area contributed by atoms with E-state index in [1.165, 1.54) is 0 Å². The molecule has 0 N–H and O–H groups in total. The van der Waals surface area contributed by atoms with Crippen molar-refractivity contribution in [2.75, 3.05) is 0 Å². The van der Waals surface area contributed by atoms with Crippen LogP contribution in [-0.4, -0.2) is 5.78 Å². The first-order valence-electron chi connectivity index (χ1n) is 3.60. The predicted octanol–water partition coefficient (Wildman–Crippen LogP) is 2.37. The second kappa shape index (κ2) is 5.15. The summed E-state index contributed by atoms with van der Waals surface area (Å²) in [6, 6.07) is 8.90. The van der Waals surface area contributed by atoms with Gasteiger partial charge in [0.2, 0.25) is 5.78 Å². The van der Waals surface area contributed by atoms with Crippen LogP contribution >= 0.6 is 8.58 Å². The second-order valence-corrected chi connectivity index (χ2v) is 2.88. The van der Waals surface area contributed by atoms with Crippen LogP contribution in [0.3, 0.4) is 0 Å². The average molecular weight is 185 g/mol. The van der Waals surface area contributed by atoms with Crippen molar-refractivity contribution < 1.29 is 4.79 Å². The summed E-state index contributed by atoms with van der Waals surface area (Å²) in [5.41, 5.74) is 5.49. The largest absolute Gasteiger partial charge is 0.366 e. The molecule has 0 atom stereocenters. The van der Waals surface area contributed by atoms with Gasteiger partial charge >= 0.3 is 0 Å². The highest BCUT2D eigenvalue weighted by Gasteiger charge is 1.96. The maximum absolute atomic E-state index is 11.3. The van der Waals surface area contributed by atoms with E-state index in [9.17, 15) is 4.79 Å². The molecule has 0 saturated carbocycles. The van der Waals surface area contributed by atoms with E-state index in [1.807, 2.05) is 6.07 Å². The summed E-state index contributed by atoms with van der Waals surface area (Å²) in [7, 11) is 0.538. The van der Waals surface area contributed by atoms with Gasteiger partial charge in [-0.1, -0.05) is 36.3 Å². The average Bonchev–Trinajstić information content (AvgIpc) is 2.19. The zero-order valence-corrected chi connectivity index (χ0v) is 7.71. The van der Waals surface area contributed by atoms with Gasteiger partial charge in [-0.2, -0.15) is 6.42 Å². The van der Waals surface area contributed by atoms with Crippen LogP contribution in [-0.2, 0) is 0 Å². The molecule has 0 unspecified atom stereocenters. The molecule has 1 aromatic rings. The molecule has 62 valence electrons. The summed E-state index contributed by atoms with van der Waals surface area (Å²) < 4.78 is 0. The number of carbonyl (C=O) groups is 1. The molecule has 0 radical (unpaired) electrons. The van der Waals surface area contributed by atoms with E-state index in [2.05, 4.69) is 17.2 Å². The monoisotopic (exact) mass is 185 g/mol. The van der Waals surface area contributed by atoms with E-state index in [-0.39, 0.29) is 5.78 Å². The van der Waals surface area contributed by atoms with Gasteiger partial charge in [0.25, 0.3) is 0 Å². The third-order valence-electron chi connectivity index (χ3n) is 1.33. The summed E-state index contributed by atoms with van der Waals surface area (Å²) in [5, 5.41) is 0. The number of Topliss-reactive ketones (excluding diaryl/α,β-unsaturated/α-hetero) is 1. The van der Waals surface area contributed by atoms with Crippen LogP contribution < -0.4 is 0 Å². The van der Waals surface area contributed by atoms with Crippen molar-refractivity contribution in [3.63, 3.8) is 0 Å². The van der Waals surface area contributed by atoms with Gasteiger partial charge in [-0.15, -0.1) is 0 Å². The topological polar surface area (TPSA) is 17.1 Å². The number of hydrogen-bond acceptors (Lipinski definition) is 1. The molecule has 0 amide bonds. The number of benzene rings is 1. The number of hydrogen-bond donors (Lipinski definition) is 0. The highest BCUT2D eigenvalue weighted by atomic mass is 31.1. The fourth-order valence-electron chi connectivity index (χ4n) is 0.773. The van der Waals surface area contributed by atoms with E-state index < -0.39 is 0 Å². The summed E-state index contributed by atoms with van der Waals surface area (Å²) in [5.74, 6) is 2.26. The zero-order valence-electron chi connectivity index (χ0n) is 6.82. The number of ketones is 1.